The molecule has 0 radical (unpaired) electrons. The van der Waals surface area contributed by atoms with E-state index in [1.807, 2.05) is 0 Å². The van der Waals surface area contributed by atoms with Crippen LogP contribution < -0.4 is 5.32 Å². The summed E-state index contributed by atoms with van der Waals surface area (Å²) in [6.45, 7) is 3.89. The number of hydrogen-bond donors (Lipinski definition) is 1. The Balaban J connectivity index is 1.94. The number of anilines is 1. The SMILES string of the molecule is CCOC(=O)c1c(NC(=O)c2ccc(C)o2)sc2c1CCCCCC2. The molecule has 6 heteroatoms. The molecule has 134 valence electrons. The van der Waals surface area contributed by atoms with Crippen molar-refractivity contribution >= 4 is 28.2 Å². The first kappa shape index (κ1) is 17.7. The molecule has 0 unspecified atom stereocenters. The zero-order chi connectivity index (χ0) is 17.8. The quantitative estimate of drug-likeness (QED) is 0.799. The molecule has 2 aromatic heterocycles. The fraction of sp³-hybridized carbons (Fsp3) is 0.474. The Morgan fingerprint density at radius 2 is 1.96 bits per heavy atom. The minimum atomic E-state index is -0.355. The predicted octanol–water partition coefficient (Wildman–Crippen LogP) is 4.74. The van der Waals surface area contributed by atoms with E-state index in [0.717, 1.165) is 31.2 Å². The van der Waals surface area contributed by atoms with E-state index in [1.165, 1.54) is 29.1 Å². The van der Waals surface area contributed by atoms with Crippen LogP contribution in [0.3, 0.4) is 0 Å². The van der Waals surface area contributed by atoms with E-state index < -0.39 is 0 Å². The molecule has 2 heterocycles. The number of amides is 1. The molecular formula is C19H23NO4S. The van der Waals surface area contributed by atoms with Crippen LogP contribution in [0.25, 0.3) is 0 Å². The molecule has 0 aliphatic heterocycles. The Labute approximate surface area is 151 Å². The molecule has 0 bridgehead atoms. The molecule has 0 spiro atoms. The van der Waals surface area contributed by atoms with E-state index in [9.17, 15) is 9.59 Å². The maximum Gasteiger partial charge on any atom is 0.341 e. The molecule has 0 atom stereocenters. The van der Waals surface area contributed by atoms with Crippen LogP contribution >= 0.6 is 11.3 Å². The summed E-state index contributed by atoms with van der Waals surface area (Å²) in [5.41, 5.74) is 1.58. The number of rotatable bonds is 4. The summed E-state index contributed by atoms with van der Waals surface area (Å²) in [5, 5.41) is 3.44. The Hall–Kier alpha value is -2.08. The van der Waals surface area contributed by atoms with Crippen molar-refractivity contribution in [2.75, 3.05) is 11.9 Å². The van der Waals surface area contributed by atoms with Gasteiger partial charge in [0.2, 0.25) is 0 Å². The number of hydrogen-bond acceptors (Lipinski definition) is 5. The van der Waals surface area contributed by atoms with Gasteiger partial charge in [-0.1, -0.05) is 12.8 Å². The minimum absolute atomic E-state index is 0.244. The van der Waals surface area contributed by atoms with Crippen LogP contribution in [0.4, 0.5) is 5.00 Å². The normalized spacial score (nSPS) is 14.3. The average molecular weight is 361 g/mol. The van der Waals surface area contributed by atoms with Crippen molar-refractivity contribution in [2.45, 2.75) is 52.4 Å². The van der Waals surface area contributed by atoms with Gasteiger partial charge in [-0.25, -0.2) is 4.79 Å². The number of carbonyl (C=O) groups excluding carboxylic acids is 2. The van der Waals surface area contributed by atoms with E-state index in [4.69, 9.17) is 9.15 Å². The first-order valence-corrected chi connectivity index (χ1v) is 9.61. The second-order valence-electron chi connectivity index (χ2n) is 6.21. The van der Waals surface area contributed by atoms with Crippen LogP contribution in [0, 0.1) is 6.92 Å². The first-order chi connectivity index (χ1) is 12.1. The van der Waals surface area contributed by atoms with Crippen molar-refractivity contribution in [1.82, 2.24) is 0 Å². The van der Waals surface area contributed by atoms with Gasteiger partial charge in [-0.3, -0.25) is 4.79 Å². The summed E-state index contributed by atoms with van der Waals surface area (Å²) in [6.07, 6.45) is 6.35. The third-order valence-corrected chi connectivity index (χ3v) is 5.55. The third kappa shape index (κ3) is 3.95. The van der Waals surface area contributed by atoms with E-state index in [2.05, 4.69) is 5.32 Å². The van der Waals surface area contributed by atoms with Crippen molar-refractivity contribution in [3.63, 3.8) is 0 Å². The second kappa shape index (κ2) is 7.87. The van der Waals surface area contributed by atoms with Crippen LogP contribution in [-0.2, 0) is 17.6 Å². The van der Waals surface area contributed by atoms with Gasteiger partial charge in [-0.15, -0.1) is 11.3 Å². The van der Waals surface area contributed by atoms with E-state index in [1.54, 1.807) is 26.0 Å². The summed E-state index contributed by atoms with van der Waals surface area (Å²) in [5.74, 6) is 0.224. The lowest BCUT2D eigenvalue weighted by atomic mass is 9.96. The Kier molecular flexibility index (Phi) is 5.58. The number of ether oxygens (including phenoxy) is 1. The van der Waals surface area contributed by atoms with Gasteiger partial charge in [0.15, 0.2) is 5.76 Å². The first-order valence-electron chi connectivity index (χ1n) is 8.79. The van der Waals surface area contributed by atoms with Gasteiger partial charge >= 0.3 is 5.97 Å². The zero-order valence-corrected chi connectivity index (χ0v) is 15.5. The van der Waals surface area contributed by atoms with Crippen LogP contribution in [0.1, 0.15) is 69.7 Å². The molecule has 0 fully saturated rings. The van der Waals surface area contributed by atoms with Crippen molar-refractivity contribution in [1.29, 1.82) is 0 Å². The van der Waals surface area contributed by atoms with Gasteiger partial charge in [0, 0.05) is 4.88 Å². The molecule has 1 aliphatic carbocycles. The van der Waals surface area contributed by atoms with E-state index in [0.29, 0.717) is 22.9 Å². The van der Waals surface area contributed by atoms with Crippen molar-refractivity contribution < 1.29 is 18.7 Å². The van der Waals surface area contributed by atoms with Crippen molar-refractivity contribution in [3.05, 3.63) is 39.7 Å². The third-order valence-electron chi connectivity index (χ3n) is 4.34. The van der Waals surface area contributed by atoms with Crippen LogP contribution in [0.15, 0.2) is 16.5 Å². The van der Waals surface area contributed by atoms with E-state index >= 15 is 0 Å². The largest absolute Gasteiger partial charge is 0.462 e. The maximum atomic E-state index is 12.5. The highest BCUT2D eigenvalue weighted by molar-refractivity contribution is 7.17. The van der Waals surface area contributed by atoms with Crippen molar-refractivity contribution in [3.8, 4) is 0 Å². The molecule has 0 aromatic carbocycles. The highest BCUT2D eigenvalue weighted by Crippen LogP contribution is 2.37. The standard InChI is InChI=1S/C19H23NO4S/c1-3-23-19(22)16-13-8-6-4-5-7-9-15(13)25-18(16)20-17(21)14-11-10-12(2)24-14/h10-11H,3-9H2,1-2H3,(H,20,21). The summed E-state index contributed by atoms with van der Waals surface area (Å²) in [6, 6.07) is 3.38. The van der Waals surface area contributed by atoms with E-state index in [-0.39, 0.29) is 17.6 Å². The lowest BCUT2D eigenvalue weighted by molar-refractivity contribution is 0.0526. The Morgan fingerprint density at radius 1 is 1.20 bits per heavy atom. The number of thiophene rings is 1. The summed E-state index contributed by atoms with van der Waals surface area (Å²) in [4.78, 5) is 26.2. The molecule has 0 saturated carbocycles. The second-order valence-corrected chi connectivity index (χ2v) is 7.31. The number of furan rings is 1. The molecule has 1 aliphatic rings. The number of esters is 1. The number of fused-ring (bicyclic) bond motifs is 1. The number of aryl methyl sites for hydroxylation is 2. The van der Waals surface area contributed by atoms with Gasteiger partial charge in [0.1, 0.15) is 10.8 Å². The molecular weight excluding hydrogens is 338 g/mol. The topological polar surface area (TPSA) is 68.5 Å². The molecule has 3 rings (SSSR count). The number of carbonyl (C=O) groups is 2. The maximum absolute atomic E-state index is 12.5. The lowest BCUT2D eigenvalue weighted by Crippen LogP contribution is -2.15. The van der Waals surface area contributed by atoms with Gasteiger partial charge < -0.3 is 14.5 Å². The lowest BCUT2D eigenvalue weighted by Gasteiger charge is -2.11. The average Bonchev–Trinajstić information content (AvgIpc) is 3.12. The molecule has 25 heavy (non-hydrogen) atoms. The molecule has 1 amide bonds. The summed E-state index contributed by atoms with van der Waals surface area (Å²) in [7, 11) is 0. The summed E-state index contributed by atoms with van der Waals surface area (Å²) < 4.78 is 10.6. The van der Waals surface area contributed by atoms with Crippen LogP contribution in [0.2, 0.25) is 0 Å². The Morgan fingerprint density at radius 3 is 2.64 bits per heavy atom. The molecule has 5 nitrogen and oxygen atoms in total. The highest BCUT2D eigenvalue weighted by atomic mass is 32.1. The number of nitrogens with one attached hydrogen (secondary N) is 1. The molecule has 0 saturated heterocycles. The zero-order valence-electron chi connectivity index (χ0n) is 14.6. The predicted molar refractivity (Wildman–Crippen MR) is 97.5 cm³/mol. The summed E-state index contributed by atoms with van der Waals surface area (Å²) >= 11 is 1.49. The fourth-order valence-electron chi connectivity index (χ4n) is 3.15. The van der Waals surface area contributed by atoms with Gasteiger partial charge in [-0.2, -0.15) is 0 Å². The Bertz CT molecular complexity index is 774. The monoisotopic (exact) mass is 361 g/mol. The van der Waals surface area contributed by atoms with Gasteiger partial charge in [0.25, 0.3) is 5.91 Å². The molecule has 2 aromatic rings. The van der Waals surface area contributed by atoms with Gasteiger partial charge in [0.05, 0.1) is 12.2 Å². The minimum Gasteiger partial charge on any atom is -0.462 e. The van der Waals surface area contributed by atoms with Gasteiger partial charge in [-0.05, 0) is 57.2 Å². The smallest absolute Gasteiger partial charge is 0.341 e. The highest BCUT2D eigenvalue weighted by Gasteiger charge is 2.26. The van der Waals surface area contributed by atoms with Crippen molar-refractivity contribution in [2.24, 2.45) is 0 Å². The van der Waals surface area contributed by atoms with Crippen LogP contribution in [-0.4, -0.2) is 18.5 Å². The molecule has 1 N–H and O–H groups in total. The van der Waals surface area contributed by atoms with Crippen LogP contribution in [0.5, 0.6) is 0 Å². The fourth-order valence-corrected chi connectivity index (χ4v) is 4.42.